The van der Waals surface area contributed by atoms with Gasteiger partial charge in [-0.1, -0.05) is 35.0 Å². The van der Waals surface area contributed by atoms with Crippen LogP contribution in [0.3, 0.4) is 0 Å². The average molecular weight is 398 g/mol. The first-order valence-corrected chi connectivity index (χ1v) is 9.00. The molecule has 0 radical (unpaired) electrons. The second-order valence-corrected chi connectivity index (χ2v) is 6.98. The monoisotopic (exact) mass is 397 g/mol. The quantitative estimate of drug-likeness (QED) is 0.802. The van der Waals surface area contributed by atoms with Gasteiger partial charge in [0.1, 0.15) is 6.54 Å². The van der Waals surface area contributed by atoms with Gasteiger partial charge < -0.3 is 5.32 Å². The van der Waals surface area contributed by atoms with Gasteiger partial charge in [0.05, 0.1) is 5.69 Å². The number of carbonyl (C=O) groups excluding carboxylic acids is 3. The number of benzene rings is 2. The summed E-state index contributed by atoms with van der Waals surface area (Å²) < 4.78 is 0. The van der Waals surface area contributed by atoms with Gasteiger partial charge in [-0.2, -0.15) is 5.11 Å². The smallest absolute Gasteiger partial charge is 0.263 e. The molecule has 1 N–H and O–H groups in total. The number of amides is 3. The van der Waals surface area contributed by atoms with E-state index in [1.54, 1.807) is 30.3 Å². The molecule has 0 aromatic heterocycles. The molecule has 1 saturated heterocycles. The molecule has 1 fully saturated rings. The number of nitrogens with zero attached hydrogens (tertiary/aromatic N) is 4. The zero-order valence-electron chi connectivity index (χ0n) is 14.9. The Bertz CT molecular complexity index is 991. The van der Waals surface area contributed by atoms with E-state index < -0.39 is 23.9 Å². The number of carbonyl (C=O) groups is 3. The fourth-order valence-electron chi connectivity index (χ4n) is 3.25. The molecule has 0 spiro atoms. The summed E-state index contributed by atoms with van der Waals surface area (Å²) in [5.41, 5.74) is 2.00. The standard InChI is InChI=1S/C19H16ClN5O3/c1-11-4-2-3-5-14(11)21-15(26)10-24-17-16(22-23-24)18(27)25(19(17)28)13-8-6-12(20)7-9-13/h2-9,16-17H,10H2,1H3,(H,21,26). The van der Waals surface area contributed by atoms with Crippen molar-refractivity contribution in [3.05, 3.63) is 59.1 Å². The van der Waals surface area contributed by atoms with Crippen LogP contribution < -0.4 is 10.2 Å². The van der Waals surface area contributed by atoms with Gasteiger partial charge in [-0.15, -0.1) is 0 Å². The van der Waals surface area contributed by atoms with Crippen LogP contribution in [0.15, 0.2) is 58.9 Å². The van der Waals surface area contributed by atoms with Crippen LogP contribution in [0.2, 0.25) is 5.02 Å². The first kappa shape index (κ1) is 18.1. The molecule has 4 rings (SSSR count). The van der Waals surface area contributed by atoms with Crippen LogP contribution in [0.1, 0.15) is 5.56 Å². The van der Waals surface area contributed by atoms with Crippen molar-refractivity contribution in [2.24, 2.45) is 10.3 Å². The van der Waals surface area contributed by atoms with E-state index >= 15 is 0 Å². The first-order valence-electron chi connectivity index (χ1n) is 8.62. The van der Waals surface area contributed by atoms with Gasteiger partial charge in [0.15, 0.2) is 12.1 Å². The van der Waals surface area contributed by atoms with Crippen LogP contribution in [0.4, 0.5) is 11.4 Å². The molecular weight excluding hydrogens is 382 g/mol. The predicted octanol–water partition coefficient (Wildman–Crippen LogP) is 2.58. The van der Waals surface area contributed by atoms with Crippen molar-refractivity contribution in [1.29, 1.82) is 0 Å². The topological polar surface area (TPSA) is 94.4 Å². The maximum Gasteiger partial charge on any atom is 0.263 e. The van der Waals surface area contributed by atoms with Gasteiger partial charge in [-0.3, -0.25) is 19.4 Å². The maximum absolute atomic E-state index is 12.9. The molecule has 8 nitrogen and oxygen atoms in total. The molecule has 2 atom stereocenters. The third-order valence-electron chi connectivity index (χ3n) is 4.67. The Labute approximate surface area is 165 Å². The van der Waals surface area contributed by atoms with E-state index in [0.717, 1.165) is 10.5 Å². The molecular formula is C19H16ClN5O3. The van der Waals surface area contributed by atoms with Crippen molar-refractivity contribution in [2.75, 3.05) is 16.8 Å². The Kier molecular flexibility index (Phi) is 4.56. The van der Waals surface area contributed by atoms with Crippen molar-refractivity contribution in [3.8, 4) is 0 Å². The number of fused-ring (bicyclic) bond motifs is 1. The minimum absolute atomic E-state index is 0.188. The number of rotatable bonds is 4. The fourth-order valence-corrected chi connectivity index (χ4v) is 3.37. The molecule has 2 unspecified atom stereocenters. The molecule has 2 aliphatic rings. The van der Waals surface area contributed by atoms with Crippen molar-refractivity contribution in [3.63, 3.8) is 0 Å². The normalized spacial score (nSPS) is 20.6. The van der Waals surface area contributed by atoms with Crippen LogP contribution >= 0.6 is 11.6 Å². The van der Waals surface area contributed by atoms with Crippen LogP contribution in [0, 0.1) is 6.92 Å². The second-order valence-electron chi connectivity index (χ2n) is 6.54. The van der Waals surface area contributed by atoms with Gasteiger partial charge in [-0.05, 0) is 42.8 Å². The highest BCUT2D eigenvalue weighted by molar-refractivity contribution is 6.31. The van der Waals surface area contributed by atoms with E-state index in [2.05, 4.69) is 15.7 Å². The third kappa shape index (κ3) is 3.11. The highest BCUT2D eigenvalue weighted by Gasteiger charge is 2.55. The van der Waals surface area contributed by atoms with Gasteiger partial charge >= 0.3 is 0 Å². The first-order chi connectivity index (χ1) is 13.5. The van der Waals surface area contributed by atoms with E-state index in [-0.39, 0.29) is 12.5 Å². The minimum atomic E-state index is -0.950. The van der Waals surface area contributed by atoms with Crippen LogP contribution in [-0.4, -0.2) is 41.4 Å². The van der Waals surface area contributed by atoms with Gasteiger partial charge in [0.2, 0.25) is 5.91 Å². The summed E-state index contributed by atoms with van der Waals surface area (Å²) >= 11 is 5.87. The molecule has 2 heterocycles. The Morgan fingerprint density at radius 1 is 1.11 bits per heavy atom. The summed E-state index contributed by atoms with van der Waals surface area (Å²) in [5, 5.41) is 12.3. The number of imide groups is 1. The van der Waals surface area contributed by atoms with Crippen LogP contribution in [-0.2, 0) is 14.4 Å². The molecule has 3 amide bonds. The lowest BCUT2D eigenvalue weighted by atomic mass is 10.1. The molecule has 28 heavy (non-hydrogen) atoms. The van der Waals surface area contributed by atoms with Gasteiger partial charge in [-0.25, -0.2) is 4.90 Å². The maximum atomic E-state index is 12.9. The number of halogens is 1. The Morgan fingerprint density at radius 3 is 2.54 bits per heavy atom. The van der Waals surface area contributed by atoms with Crippen LogP contribution in [0.25, 0.3) is 0 Å². The van der Waals surface area contributed by atoms with E-state index in [4.69, 9.17) is 11.6 Å². The number of nitrogens with one attached hydrogen (secondary N) is 1. The minimum Gasteiger partial charge on any atom is -0.324 e. The molecule has 142 valence electrons. The zero-order valence-corrected chi connectivity index (χ0v) is 15.6. The predicted molar refractivity (Wildman–Crippen MR) is 103 cm³/mol. The van der Waals surface area contributed by atoms with Crippen molar-refractivity contribution in [2.45, 2.75) is 19.0 Å². The number of aryl methyl sites for hydroxylation is 1. The summed E-state index contributed by atoms with van der Waals surface area (Å²) in [4.78, 5) is 39.0. The Hall–Kier alpha value is -3.26. The van der Waals surface area contributed by atoms with Crippen molar-refractivity contribution < 1.29 is 14.4 Å². The molecule has 2 aliphatic heterocycles. The van der Waals surface area contributed by atoms with E-state index in [0.29, 0.717) is 16.4 Å². The molecule has 0 bridgehead atoms. The highest BCUT2D eigenvalue weighted by Crippen LogP contribution is 2.32. The third-order valence-corrected chi connectivity index (χ3v) is 4.92. The van der Waals surface area contributed by atoms with E-state index in [1.165, 1.54) is 5.01 Å². The Balaban J connectivity index is 1.49. The molecule has 2 aromatic carbocycles. The Morgan fingerprint density at radius 2 is 1.82 bits per heavy atom. The lowest BCUT2D eigenvalue weighted by molar-refractivity contribution is -0.123. The molecule has 2 aromatic rings. The average Bonchev–Trinajstić information content (AvgIpc) is 3.18. The molecule has 0 saturated carbocycles. The summed E-state index contributed by atoms with van der Waals surface area (Å²) in [6.45, 7) is 1.69. The van der Waals surface area contributed by atoms with Gasteiger partial charge in [0, 0.05) is 10.7 Å². The highest BCUT2D eigenvalue weighted by atomic mass is 35.5. The fraction of sp³-hybridized carbons (Fsp3) is 0.211. The number of hydrogen-bond donors (Lipinski definition) is 1. The van der Waals surface area contributed by atoms with Crippen molar-refractivity contribution in [1.82, 2.24) is 5.01 Å². The zero-order chi connectivity index (χ0) is 19.8. The van der Waals surface area contributed by atoms with Gasteiger partial charge in [0.25, 0.3) is 11.8 Å². The van der Waals surface area contributed by atoms with Crippen LogP contribution in [0.5, 0.6) is 0 Å². The van der Waals surface area contributed by atoms with E-state index in [9.17, 15) is 14.4 Å². The summed E-state index contributed by atoms with van der Waals surface area (Å²) in [6.07, 6.45) is 0. The summed E-state index contributed by atoms with van der Waals surface area (Å²) in [5.74, 6) is -1.28. The lowest BCUT2D eigenvalue weighted by Gasteiger charge is -2.20. The second kappa shape index (κ2) is 7.05. The van der Waals surface area contributed by atoms with E-state index in [1.807, 2.05) is 25.1 Å². The summed E-state index contributed by atoms with van der Waals surface area (Å²) in [7, 11) is 0. The number of hydrogen-bond acceptors (Lipinski definition) is 6. The van der Waals surface area contributed by atoms with Crippen molar-refractivity contribution >= 4 is 40.7 Å². The number of anilines is 2. The molecule has 9 heteroatoms. The summed E-state index contributed by atoms with van der Waals surface area (Å²) in [6, 6.07) is 11.9. The SMILES string of the molecule is Cc1ccccc1NC(=O)CN1N=NC2C(=O)N(c3ccc(Cl)cc3)C(=O)C21. The molecule has 0 aliphatic carbocycles. The largest absolute Gasteiger partial charge is 0.324 e. The lowest BCUT2D eigenvalue weighted by Crippen LogP contribution is -2.43. The number of para-hydroxylation sites is 1.